The Morgan fingerprint density at radius 1 is 0.192 bits per heavy atom. The second-order valence-electron chi connectivity index (χ2n) is 14.1. The van der Waals surface area contributed by atoms with Crippen LogP contribution >= 0.6 is 0 Å². The molecule has 0 saturated carbocycles. The van der Waals surface area contributed by atoms with E-state index in [0.29, 0.717) is 0 Å². The average Bonchev–Trinajstić information content (AvgIpc) is 3.55. The fraction of sp³-hybridized carbons (Fsp3) is 0. The highest BCUT2D eigenvalue weighted by Gasteiger charge is 2.22. The van der Waals surface area contributed by atoms with Crippen molar-refractivity contribution in [2.75, 3.05) is 0 Å². The van der Waals surface area contributed by atoms with E-state index >= 15 is 0 Å². The van der Waals surface area contributed by atoms with Gasteiger partial charge in [0, 0.05) is 0 Å². The van der Waals surface area contributed by atoms with Gasteiger partial charge in [-0.25, -0.2) is 0 Å². The summed E-state index contributed by atoms with van der Waals surface area (Å²) >= 11 is 0. The van der Waals surface area contributed by atoms with Crippen molar-refractivity contribution >= 4 is 43.1 Å². The summed E-state index contributed by atoms with van der Waals surface area (Å²) in [5.41, 5.74) is 15.3. The first-order valence-electron chi connectivity index (χ1n) is 18.1. The Hall–Kier alpha value is -6.76. The Kier molecular flexibility index (Phi) is 6.35. The van der Waals surface area contributed by atoms with E-state index in [-0.39, 0.29) is 0 Å². The molecule has 0 unspecified atom stereocenters. The van der Waals surface area contributed by atoms with Gasteiger partial charge in [-0.05, 0) is 146 Å². The number of rotatable bonds is 4. The Labute approximate surface area is 302 Å². The van der Waals surface area contributed by atoms with Crippen LogP contribution in [0.15, 0.2) is 194 Å². The molecular formula is C52H32. The van der Waals surface area contributed by atoms with Crippen LogP contribution in [-0.2, 0) is 0 Å². The molecule has 0 saturated heterocycles. The van der Waals surface area contributed by atoms with Crippen molar-refractivity contribution in [3.8, 4) is 66.8 Å². The summed E-state index contributed by atoms with van der Waals surface area (Å²) in [6, 6.07) is 71.8. The van der Waals surface area contributed by atoms with Crippen LogP contribution in [0.2, 0.25) is 0 Å². The fourth-order valence-electron chi connectivity index (χ4n) is 8.51. The van der Waals surface area contributed by atoms with Crippen LogP contribution in [0.25, 0.3) is 110 Å². The van der Waals surface area contributed by atoms with Crippen molar-refractivity contribution in [2.24, 2.45) is 0 Å². The first kappa shape index (κ1) is 29.0. The second-order valence-corrected chi connectivity index (χ2v) is 14.1. The van der Waals surface area contributed by atoms with E-state index in [2.05, 4.69) is 194 Å². The van der Waals surface area contributed by atoms with Gasteiger partial charge in [-0.15, -0.1) is 0 Å². The quantitative estimate of drug-likeness (QED) is 0.177. The lowest BCUT2D eigenvalue weighted by Gasteiger charge is -2.12. The number of benzene rings is 10. The number of fused-ring (bicyclic) bond motifs is 6. The first-order valence-corrected chi connectivity index (χ1v) is 18.1. The molecule has 10 aromatic rings. The van der Waals surface area contributed by atoms with Gasteiger partial charge in [-0.1, -0.05) is 158 Å². The minimum Gasteiger partial charge on any atom is -0.0616 e. The largest absolute Gasteiger partial charge is 0.0616 e. The van der Waals surface area contributed by atoms with E-state index in [0.717, 1.165) is 0 Å². The topological polar surface area (TPSA) is 0 Å². The van der Waals surface area contributed by atoms with Crippen LogP contribution in [0.5, 0.6) is 0 Å². The zero-order valence-corrected chi connectivity index (χ0v) is 28.5. The molecule has 1 aliphatic carbocycles. The van der Waals surface area contributed by atoms with Crippen LogP contribution in [-0.4, -0.2) is 0 Å². The maximum Gasteiger partial charge on any atom is -0.00201 e. The molecule has 0 radical (unpaired) electrons. The van der Waals surface area contributed by atoms with E-state index in [1.807, 2.05) is 0 Å². The Morgan fingerprint density at radius 2 is 0.577 bits per heavy atom. The van der Waals surface area contributed by atoms with Crippen molar-refractivity contribution in [3.63, 3.8) is 0 Å². The van der Waals surface area contributed by atoms with Gasteiger partial charge in [0.15, 0.2) is 0 Å². The molecule has 1 aliphatic rings. The predicted octanol–water partition coefficient (Wildman–Crippen LogP) is 14.6. The molecule has 0 aromatic heterocycles. The van der Waals surface area contributed by atoms with E-state index < -0.39 is 0 Å². The molecule has 0 spiro atoms. The molecule has 240 valence electrons. The third kappa shape index (κ3) is 4.62. The number of hydrogen-bond acceptors (Lipinski definition) is 0. The van der Waals surface area contributed by atoms with Crippen molar-refractivity contribution in [3.05, 3.63) is 194 Å². The zero-order chi connectivity index (χ0) is 34.2. The molecule has 0 heteroatoms. The number of hydrogen-bond donors (Lipinski definition) is 0. The molecule has 0 fully saturated rings. The molecule has 52 heavy (non-hydrogen) atoms. The van der Waals surface area contributed by atoms with Crippen molar-refractivity contribution < 1.29 is 0 Å². The summed E-state index contributed by atoms with van der Waals surface area (Å²) in [7, 11) is 0. The third-order valence-corrected chi connectivity index (χ3v) is 11.2. The predicted molar refractivity (Wildman–Crippen MR) is 223 cm³/mol. The van der Waals surface area contributed by atoms with Crippen molar-refractivity contribution in [1.82, 2.24) is 0 Å². The minimum atomic E-state index is 1.23. The summed E-state index contributed by atoms with van der Waals surface area (Å²) in [4.78, 5) is 0. The van der Waals surface area contributed by atoms with Gasteiger partial charge in [0.2, 0.25) is 0 Å². The van der Waals surface area contributed by atoms with Gasteiger partial charge in [-0.3, -0.25) is 0 Å². The van der Waals surface area contributed by atoms with Crippen LogP contribution in [0.3, 0.4) is 0 Å². The molecule has 0 heterocycles. The lowest BCUT2D eigenvalue weighted by atomic mass is 9.92. The van der Waals surface area contributed by atoms with Crippen molar-refractivity contribution in [1.29, 1.82) is 0 Å². The van der Waals surface area contributed by atoms with E-state index in [1.165, 1.54) is 110 Å². The molecule has 0 bridgehead atoms. The molecule has 0 N–H and O–H groups in total. The maximum atomic E-state index is 2.35. The molecule has 10 aromatic carbocycles. The summed E-state index contributed by atoms with van der Waals surface area (Å²) in [5.74, 6) is 0. The molecular weight excluding hydrogens is 625 g/mol. The van der Waals surface area contributed by atoms with Crippen molar-refractivity contribution in [2.45, 2.75) is 0 Å². The SMILES string of the molecule is c1cc(-c2ccc3cc(-c4ccc5cc(-c6ccc7ccccc7c6)ccc5c4)ccc3c2)cc(-c2ccc3c4c(cccc24)-c2ccccc2-3)c1. The average molecular weight is 657 g/mol. The highest BCUT2D eigenvalue weighted by Crippen LogP contribution is 2.49. The monoisotopic (exact) mass is 656 g/mol. The molecule has 0 aliphatic heterocycles. The van der Waals surface area contributed by atoms with Crippen LogP contribution < -0.4 is 0 Å². The molecule has 0 amide bonds. The summed E-state index contributed by atoms with van der Waals surface area (Å²) < 4.78 is 0. The van der Waals surface area contributed by atoms with Gasteiger partial charge >= 0.3 is 0 Å². The lowest BCUT2D eigenvalue weighted by Crippen LogP contribution is -1.86. The standard InChI is InChI=1S/C52H32/c1-2-8-34-27-37(16-15-33(34)7-1)39-20-22-43-31-44(24-23-41(43)29-39)42-21-19-38-28-36(17-18-40(38)30-42)35-9-5-10-45(32-35)46-25-26-51-48-12-4-3-11-47(48)50-14-6-13-49(46)52(50)51/h1-32H. The Morgan fingerprint density at radius 3 is 1.15 bits per heavy atom. The van der Waals surface area contributed by atoms with Gasteiger partial charge < -0.3 is 0 Å². The summed E-state index contributed by atoms with van der Waals surface area (Å²) in [6.07, 6.45) is 0. The second kappa shape index (κ2) is 11.4. The fourth-order valence-corrected chi connectivity index (χ4v) is 8.51. The van der Waals surface area contributed by atoms with Gasteiger partial charge in [-0.2, -0.15) is 0 Å². The first-order chi connectivity index (χ1) is 25.7. The zero-order valence-electron chi connectivity index (χ0n) is 28.5. The van der Waals surface area contributed by atoms with E-state index in [1.54, 1.807) is 0 Å². The Balaban J connectivity index is 0.904. The van der Waals surface area contributed by atoms with Crippen LogP contribution in [0.4, 0.5) is 0 Å². The van der Waals surface area contributed by atoms with Gasteiger partial charge in [0.1, 0.15) is 0 Å². The maximum absolute atomic E-state index is 2.35. The molecule has 0 atom stereocenters. The smallest absolute Gasteiger partial charge is 0.00201 e. The highest BCUT2D eigenvalue weighted by atomic mass is 14.2. The van der Waals surface area contributed by atoms with E-state index in [9.17, 15) is 0 Å². The van der Waals surface area contributed by atoms with Crippen LogP contribution in [0.1, 0.15) is 0 Å². The third-order valence-electron chi connectivity index (χ3n) is 11.2. The van der Waals surface area contributed by atoms with E-state index in [4.69, 9.17) is 0 Å². The summed E-state index contributed by atoms with van der Waals surface area (Å²) in [5, 5.41) is 10.2. The molecule has 11 rings (SSSR count). The molecule has 0 nitrogen and oxygen atoms in total. The normalized spacial score (nSPS) is 11.8. The van der Waals surface area contributed by atoms with Gasteiger partial charge in [0.05, 0.1) is 0 Å². The highest BCUT2D eigenvalue weighted by molar-refractivity contribution is 6.18. The van der Waals surface area contributed by atoms with Crippen LogP contribution in [0, 0.1) is 0 Å². The lowest BCUT2D eigenvalue weighted by molar-refractivity contribution is 1.62. The summed E-state index contributed by atoms with van der Waals surface area (Å²) in [6.45, 7) is 0. The Bertz CT molecular complexity index is 3040. The minimum absolute atomic E-state index is 1.23. The van der Waals surface area contributed by atoms with Gasteiger partial charge in [0.25, 0.3) is 0 Å².